The highest BCUT2D eigenvalue weighted by Gasteiger charge is 2.31. The van der Waals surface area contributed by atoms with E-state index in [1.54, 1.807) is 0 Å². The van der Waals surface area contributed by atoms with Gasteiger partial charge in [-0.3, -0.25) is 0 Å². The second-order valence-electron chi connectivity index (χ2n) is 9.52. The van der Waals surface area contributed by atoms with Crippen LogP contribution in [0.5, 0.6) is 0 Å². The van der Waals surface area contributed by atoms with Crippen LogP contribution in [0.3, 0.4) is 0 Å². The summed E-state index contributed by atoms with van der Waals surface area (Å²) >= 11 is 0. The Hall–Kier alpha value is -4.79. The SMILES string of the molecule is FC(F)(F)c1ccc(-n2c3ccccc3c3nc4c5ccccc5n(-c5ccc(C(F)(F)F)cc5)c4cc32)cc1. The van der Waals surface area contributed by atoms with Crippen molar-refractivity contribution in [2.45, 2.75) is 12.4 Å². The van der Waals surface area contributed by atoms with Crippen LogP contribution in [0, 0.1) is 0 Å². The average Bonchev–Trinajstić information content (AvgIpc) is 3.43. The van der Waals surface area contributed by atoms with Crippen molar-refractivity contribution < 1.29 is 26.3 Å². The zero-order valence-electron chi connectivity index (χ0n) is 20.4. The van der Waals surface area contributed by atoms with E-state index in [0.29, 0.717) is 33.4 Å². The van der Waals surface area contributed by atoms with E-state index in [4.69, 9.17) is 4.98 Å². The van der Waals surface area contributed by atoms with Gasteiger partial charge in [-0.15, -0.1) is 0 Å². The minimum Gasteiger partial charge on any atom is -0.308 e. The van der Waals surface area contributed by atoms with Gasteiger partial charge in [0.2, 0.25) is 0 Å². The predicted molar refractivity (Wildman–Crippen MR) is 143 cm³/mol. The van der Waals surface area contributed by atoms with E-state index in [-0.39, 0.29) is 0 Å². The molecule has 4 aromatic carbocycles. The van der Waals surface area contributed by atoms with E-state index in [0.717, 1.165) is 46.1 Å². The molecule has 0 bridgehead atoms. The maximum absolute atomic E-state index is 13.3. The van der Waals surface area contributed by atoms with Crippen molar-refractivity contribution in [2.24, 2.45) is 0 Å². The lowest BCUT2D eigenvalue weighted by atomic mass is 10.2. The molecule has 0 aliphatic heterocycles. The van der Waals surface area contributed by atoms with Crippen LogP contribution in [0.15, 0.2) is 103 Å². The molecule has 0 amide bonds. The van der Waals surface area contributed by atoms with Crippen molar-refractivity contribution in [3.63, 3.8) is 0 Å². The van der Waals surface area contributed by atoms with Crippen molar-refractivity contribution >= 4 is 43.9 Å². The molecule has 0 N–H and O–H groups in total. The molecule has 198 valence electrons. The van der Waals surface area contributed by atoms with E-state index >= 15 is 0 Å². The number of nitrogens with zero attached hydrogens (tertiary/aromatic N) is 3. The minimum absolute atomic E-state index is 0.526. The first-order chi connectivity index (χ1) is 19.1. The maximum atomic E-state index is 13.3. The van der Waals surface area contributed by atoms with Gasteiger partial charge in [-0.2, -0.15) is 26.3 Å². The van der Waals surface area contributed by atoms with Gasteiger partial charge in [0.25, 0.3) is 0 Å². The first-order valence-electron chi connectivity index (χ1n) is 12.3. The summed E-state index contributed by atoms with van der Waals surface area (Å²) in [6, 6.07) is 26.8. The van der Waals surface area contributed by atoms with Crippen molar-refractivity contribution in [3.05, 3.63) is 114 Å². The van der Waals surface area contributed by atoms with E-state index in [1.807, 2.05) is 63.7 Å². The van der Waals surface area contributed by atoms with E-state index in [1.165, 1.54) is 24.3 Å². The zero-order chi connectivity index (χ0) is 27.8. The molecule has 0 fully saturated rings. The fourth-order valence-electron chi connectivity index (χ4n) is 5.38. The Balaban J connectivity index is 1.55. The summed E-state index contributed by atoms with van der Waals surface area (Å²) in [5.41, 5.74) is 3.73. The molecule has 0 aliphatic rings. The number of hydrogen-bond acceptors (Lipinski definition) is 1. The standard InChI is InChI=1S/C31H17F6N3/c32-30(33,34)18-9-13-20(14-10-18)39-24-7-3-1-5-22(24)28-26(39)17-27-29(38-28)23-6-2-4-8-25(23)40(27)21-15-11-19(12-16-21)31(35,36)37/h1-17H. The highest BCUT2D eigenvalue weighted by molar-refractivity contribution is 6.15. The molecule has 0 saturated heterocycles. The summed E-state index contributed by atoms with van der Waals surface area (Å²) in [5, 5.41) is 1.65. The maximum Gasteiger partial charge on any atom is 0.416 e. The summed E-state index contributed by atoms with van der Waals surface area (Å²) in [6.45, 7) is 0. The van der Waals surface area contributed by atoms with Crippen LogP contribution in [0.25, 0.3) is 55.2 Å². The van der Waals surface area contributed by atoms with Gasteiger partial charge in [0, 0.05) is 22.1 Å². The van der Waals surface area contributed by atoms with Gasteiger partial charge in [0.1, 0.15) is 0 Å². The van der Waals surface area contributed by atoms with Crippen LogP contribution in [0.4, 0.5) is 26.3 Å². The van der Waals surface area contributed by atoms with Gasteiger partial charge in [0.15, 0.2) is 0 Å². The van der Waals surface area contributed by atoms with Gasteiger partial charge >= 0.3 is 12.4 Å². The van der Waals surface area contributed by atoms with Crippen LogP contribution < -0.4 is 0 Å². The Labute approximate surface area is 222 Å². The van der Waals surface area contributed by atoms with Gasteiger partial charge in [-0.1, -0.05) is 36.4 Å². The topological polar surface area (TPSA) is 22.8 Å². The van der Waals surface area contributed by atoms with E-state index in [9.17, 15) is 26.3 Å². The first kappa shape index (κ1) is 24.3. The summed E-state index contributed by atoms with van der Waals surface area (Å²) < 4.78 is 83.3. The molecule has 0 aliphatic carbocycles. The summed E-state index contributed by atoms with van der Waals surface area (Å²) in [7, 11) is 0. The average molecular weight is 545 g/mol. The third kappa shape index (κ3) is 3.65. The van der Waals surface area contributed by atoms with Crippen LogP contribution in [0.1, 0.15) is 11.1 Å². The zero-order valence-corrected chi connectivity index (χ0v) is 20.4. The summed E-state index contributed by atoms with van der Waals surface area (Å²) in [5.74, 6) is 0. The Morgan fingerprint density at radius 3 is 1.20 bits per heavy atom. The van der Waals surface area contributed by atoms with Crippen LogP contribution >= 0.6 is 0 Å². The number of para-hydroxylation sites is 2. The van der Waals surface area contributed by atoms with Crippen molar-refractivity contribution in [1.29, 1.82) is 0 Å². The van der Waals surface area contributed by atoms with Gasteiger partial charge in [0.05, 0.1) is 44.2 Å². The Morgan fingerprint density at radius 1 is 0.450 bits per heavy atom. The smallest absolute Gasteiger partial charge is 0.308 e. The molecular formula is C31H17F6N3. The third-order valence-corrected chi connectivity index (χ3v) is 7.17. The van der Waals surface area contributed by atoms with Gasteiger partial charge in [-0.25, -0.2) is 4.98 Å². The number of benzene rings is 4. The third-order valence-electron chi connectivity index (χ3n) is 7.17. The van der Waals surface area contributed by atoms with E-state index in [2.05, 4.69) is 0 Å². The second kappa shape index (κ2) is 8.35. The second-order valence-corrected chi connectivity index (χ2v) is 9.52. The van der Waals surface area contributed by atoms with Crippen molar-refractivity contribution in [1.82, 2.24) is 14.1 Å². The normalized spacial score (nSPS) is 12.8. The molecule has 40 heavy (non-hydrogen) atoms. The highest BCUT2D eigenvalue weighted by Crippen LogP contribution is 2.39. The number of pyridine rings is 1. The number of hydrogen-bond donors (Lipinski definition) is 0. The Kier molecular flexibility index (Phi) is 5.07. The molecule has 3 aromatic heterocycles. The molecule has 0 spiro atoms. The monoisotopic (exact) mass is 545 g/mol. The van der Waals surface area contributed by atoms with Crippen LogP contribution in [0.2, 0.25) is 0 Å². The highest BCUT2D eigenvalue weighted by atomic mass is 19.4. The number of aromatic nitrogens is 3. The Bertz CT molecular complexity index is 1920. The molecule has 3 nitrogen and oxygen atoms in total. The van der Waals surface area contributed by atoms with E-state index < -0.39 is 23.5 Å². The quantitative estimate of drug-likeness (QED) is 0.199. The number of halogens is 6. The molecule has 0 saturated carbocycles. The largest absolute Gasteiger partial charge is 0.416 e. The molecule has 7 rings (SSSR count). The number of alkyl halides is 6. The molecule has 7 aromatic rings. The lowest BCUT2D eigenvalue weighted by Gasteiger charge is -2.12. The van der Waals surface area contributed by atoms with Crippen LogP contribution in [-0.2, 0) is 12.4 Å². The Morgan fingerprint density at radius 2 is 0.825 bits per heavy atom. The summed E-state index contributed by atoms with van der Waals surface area (Å²) in [6.07, 6.45) is -8.93. The lowest BCUT2D eigenvalue weighted by molar-refractivity contribution is -0.138. The fourth-order valence-corrected chi connectivity index (χ4v) is 5.38. The first-order valence-corrected chi connectivity index (χ1v) is 12.3. The molecule has 9 heteroatoms. The molecular weight excluding hydrogens is 528 g/mol. The predicted octanol–water partition coefficient (Wildman–Crippen LogP) is 9.31. The number of fused-ring (bicyclic) bond motifs is 6. The molecule has 3 heterocycles. The number of rotatable bonds is 2. The molecule has 0 atom stereocenters. The van der Waals surface area contributed by atoms with Gasteiger partial charge in [-0.05, 0) is 66.7 Å². The lowest BCUT2D eigenvalue weighted by Crippen LogP contribution is -2.05. The van der Waals surface area contributed by atoms with Gasteiger partial charge < -0.3 is 9.13 Å². The van der Waals surface area contributed by atoms with Crippen molar-refractivity contribution in [2.75, 3.05) is 0 Å². The van der Waals surface area contributed by atoms with Crippen molar-refractivity contribution in [3.8, 4) is 11.4 Å². The molecule has 0 radical (unpaired) electrons. The summed E-state index contributed by atoms with van der Waals surface area (Å²) in [4.78, 5) is 5.04. The fraction of sp³-hybridized carbons (Fsp3) is 0.0645. The minimum atomic E-state index is -4.46. The van der Waals surface area contributed by atoms with Crippen LogP contribution in [-0.4, -0.2) is 14.1 Å². The molecule has 0 unspecified atom stereocenters.